The third kappa shape index (κ3) is 5.32. The van der Waals surface area contributed by atoms with Crippen molar-refractivity contribution in [1.82, 2.24) is 5.32 Å². The first kappa shape index (κ1) is 15.4. The Kier molecular flexibility index (Phi) is 7.21. The Labute approximate surface area is 116 Å². The molecule has 0 amide bonds. The van der Waals surface area contributed by atoms with Crippen molar-refractivity contribution in [3.63, 3.8) is 0 Å². The number of benzene rings is 1. The summed E-state index contributed by atoms with van der Waals surface area (Å²) in [5.41, 5.74) is 1.32. The highest BCUT2D eigenvalue weighted by Crippen LogP contribution is 2.24. The van der Waals surface area contributed by atoms with Gasteiger partial charge in [-0.25, -0.2) is 0 Å². The largest absolute Gasteiger partial charge is 0.497 e. The second-order valence-corrected chi connectivity index (χ2v) is 6.27. The van der Waals surface area contributed by atoms with Crippen molar-refractivity contribution in [3.05, 3.63) is 29.8 Å². The van der Waals surface area contributed by atoms with Crippen LogP contribution in [0.2, 0.25) is 0 Å². The van der Waals surface area contributed by atoms with Crippen molar-refractivity contribution >= 4 is 11.8 Å². The van der Waals surface area contributed by atoms with E-state index in [2.05, 4.69) is 44.3 Å². The highest BCUT2D eigenvalue weighted by molar-refractivity contribution is 7.99. The molecule has 0 saturated heterocycles. The van der Waals surface area contributed by atoms with E-state index >= 15 is 0 Å². The van der Waals surface area contributed by atoms with E-state index in [9.17, 15) is 0 Å². The highest BCUT2D eigenvalue weighted by Gasteiger charge is 2.12. The molecule has 0 saturated carbocycles. The minimum atomic E-state index is 0.410. The predicted octanol–water partition coefficient (Wildman–Crippen LogP) is 3.88. The van der Waals surface area contributed by atoms with Crippen LogP contribution in [-0.2, 0) is 0 Å². The van der Waals surface area contributed by atoms with Crippen LogP contribution in [-0.4, -0.2) is 24.7 Å². The van der Waals surface area contributed by atoms with Gasteiger partial charge in [-0.05, 0) is 35.9 Å². The van der Waals surface area contributed by atoms with Gasteiger partial charge in [0.25, 0.3) is 0 Å². The lowest BCUT2D eigenvalue weighted by Crippen LogP contribution is -2.24. The predicted molar refractivity (Wildman–Crippen MR) is 81.6 cm³/mol. The van der Waals surface area contributed by atoms with E-state index in [0.29, 0.717) is 11.3 Å². The molecule has 0 aliphatic heterocycles. The van der Waals surface area contributed by atoms with Crippen LogP contribution < -0.4 is 10.1 Å². The van der Waals surface area contributed by atoms with Crippen LogP contribution in [0, 0.1) is 0 Å². The lowest BCUT2D eigenvalue weighted by Gasteiger charge is -2.20. The van der Waals surface area contributed by atoms with Gasteiger partial charge in [0.1, 0.15) is 5.75 Å². The summed E-state index contributed by atoms with van der Waals surface area (Å²) in [6.45, 7) is 7.74. The van der Waals surface area contributed by atoms with Gasteiger partial charge in [0, 0.05) is 11.8 Å². The molecule has 3 heteroatoms. The smallest absolute Gasteiger partial charge is 0.119 e. The van der Waals surface area contributed by atoms with Gasteiger partial charge in [0.05, 0.1) is 7.11 Å². The van der Waals surface area contributed by atoms with Crippen LogP contribution in [0.15, 0.2) is 24.3 Å². The third-order valence-corrected chi connectivity index (χ3v) is 3.93. The molecule has 0 spiro atoms. The number of hydrogen-bond donors (Lipinski definition) is 1. The van der Waals surface area contributed by atoms with Crippen LogP contribution in [0.3, 0.4) is 0 Å². The van der Waals surface area contributed by atoms with E-state index in [-0.39, 0.29) is 0 Å². The monoisotopic (exact) mass is 267 g/mol. The van der Waals surface area contributed by atoms with Gasteiger partial charge in [0.2, 0.25) is 0 Å². The summed E-state index contributed by atoms with van der Waals surface area (Å²) < 4.78 is 5.30. The molecular formula is C15H25NOS. The van der Waals surface area contributed by atoms with Crippen molar-refractivity contribution in [3.8, 4) is 5.75 Å². The zero-order chi connectivity index (χ0) is 13.4. The summed E-state index contributed by atoms with van der Waals surface area (Å²) in [6, 6.07) is 8.78. The summed E-state index contributed by atoms with van der Waals surface area (Å²) >= 11 is 1.99. The summed E-state index contributed by atoms with van der Waals surface area (Å²) in [6.07, 6.45) is 1.16. The lowest BCUT2D eigenvalue weighted by atomic mass is 10.1. The molecule has 2 nitrogen and oxygen atoms in total. The van der Waals surface area contributed by atoms with Gasteiger partial charge < -0.3 is 10.1 Å². The molecule has 1 unspecified atom stereocenters. The second-order valence-electron chi connectivity index (χ2n) is 4.67. The summed E-state index contributed by atoms with van der Waals surface area (Å²) in [7, 11) is 1.72. The average molecular weight is 267 g/mol. The van der Waals surface area contributed by atoms with Crippen LogP contribution in [0.1, 0.15) is 38.8 Å². The zero-order valence-electron chi connectivity index (χ0n) is 11.9. The van der Waals surface area contributed by atoms with E-state index < -0.39 is 0 Å². The fourth-order valence-corrected chi connectivity index (χ4v) is 2.63. The maximum Gasteiger partial charge on any atom is 0.119 e. The van der Waals surface area contributed by atoms with E-state index in [1.807, 2.05) is 17.8 Å². The van der Waals surface area contributed by atoms with E-state index in [1.165, 1.54) is 5.56 Å². The molecule has 0 bridgehead atoms. The molecule has 1 N–H and O–H groups in total. The quantitative estimate of drug-likeness (QED) is 0.772. The molecule has 0 fully saturated rings. The minimum Gasteiger partial charge on any atom is -0.497 e. The molecule has 1 aromatic rings. The van der Waals surface area contributed by atoms with Crippen molar-refractivity contribution in [2.24, 2.45) is 0 Å². The fourth-order valence-electron chi connectivity index (χ4n) is 1.74. The molecular weight excluding hydrogens is 242 g/mol. The molecule has 0 aliphatic carbocycles. The fraction of sp³-hybridized carbons (Fsp3) is 0.600. The molecule has 0 radical (unpaired) electrons. The average Bonchev–Trinajstić information content (AvgIpc) is 2.38. The van der Waals surface area contributed by atoms with Gasteiger partial charge >= 0.3 is 0 Å². The Hall–Kier alpha value is -0.670. The molecule has 0 aliphatic rings. The molecule has 102 valence electrons. The molecule has 0 heterocycles. The summed E-state index contributed by atoms with van der Waals surface area (Å²) in [5.74, 6) is 2.04. The Morgan fingerprint density at radius 2 is 2.11 bits per heavy atom. The van der Waals surface area contributed by atoms with Gasteiger partial charge in [-0.1, -0.05) is 32.9 Å². The van der Waals surface area contributed by atoms with Crippen LogP contribution in [0.4, 0.5) is 0 Å². The zero-order valence-corrected chi connectivity index (χ0v) is 12.7. The van der Waals surface area contributed by atoms with Crippen molar-refractivity contribution in [1.29, 1.82) is 0 Å². The number of thioether (sulfide) groups is 1. The number of hydrogen-bond acceptors (Lipinski definition) is 3. The second kappa shape index (κ2) is 8.44. The number of nitrogens with one attached hydrogen (secondary N) is 1. The lowest BCUT2D eigenvalue weighted by molar-refractivity contribution is 0.413. The minimum absolute atomic E-state index is 0.410. The highest BCUT2D eigenvalue weighted by atomic mass is 32.2. The van der Waals surface area contributed by atoms with Crippen LogP contribution in [0.5, 0.6) is 5.75 Å². The maximum absolute atomic E-state index is 5.30. The third-order valence-electron chi connectivity index (χ3n) is 2.73. The van der Waals surface area contributed by atoms with Gasteiger partial charge in [-0.2, -0.15) is 11.8 Å². The standard InChI is InChI=1S/C15H25NOS/c1-5-9-16-15(11-18-12(2)3)13-7-6-8-14(10-13)17-4/h6-8,10,12,15-16H,5,9,11H2,1-4H3. The van der Waals surface area contributed by atoms with E-state index in [4.69, 9.17) is 4.74 Å². The summed E-state index contributed by atoms with van der Waals surface area (Å²) in [4.78, 5) is 0. The van der Waals surface area contributed by atoms with Gasteiger partial charge in [-0.15, -0.1) is 0 Å². The van der Waals surface area contributed by atoms with Crippen LogP contribution in [0.25, 0.3) is 0 Å². The van der Waals surface area contributed by atoms with E-state index in [1.54, 1.807) is 7.11 Å². The Morgan fingerprint density at radius 3 is 2.72 bits per heavy atom. The van der Waals surface area contributed by atoms with E-state index in [0.717, 1.165) is 24.5 Å². The van der Waals surface area contributed by atoms with Gasteiger partial charge in [0.15, 0.2) is 0 Å². The topological polar surface area (TPSA) is 21.3 Å². The first-order chi connectivity index (χ1) is 8.67. The SMILES string of the molecule is CCCNC(CSC(C)C)c1cccc(OC)c1. The first-order valence-electron chi connectivity index (χ1n) is 6.66. The normalized spacial score (nSPS) is 12.7. The van der Waals surface area contributed by atoms with Crippen molar-refractivity contribution in [2.75, 3.05) is 19.4 Å². The molecule has 1 aromatic carbocycles. The molecule has 0 aromatic heterocycles. The van der Waals surface area contributed by atoms with Gasteiger partial charge in [-0.3, -0.25) is 0 Å². The first-order valence-corrected chi connectivity index (χ1v) is 7.71. The van der Waals surface area contributed by atoms with Crippen molar-refractivity contribution in [2.45, 2.75) is 38.5 Å². The molecule has 18 heavy (non-hydrogen) atoms. The summed E-state index contributed by atoms with van der Waals surface area (Å²) in [5, 5.41) is 4.28. The molecule has 1 atom stereocenters. The Bertz CT molecular complexity index is 341. The number of ether oxygens (including phenoxy) is 1. The Balaban J connectivity index is 2.72. The number of methoxy groups -OCH3 is 1. The molecule has 1 rings (SSSR count). The number of rotatable bonds is 8. The maximum atomic E-state index is 5.30. The van der Waals surface area contributed by atoms with Crippen molar-refractivity contribution < 1.29 is 4.74 Å². The van der Waals surface area contributed by atoms with Crippen LogP contribution >= 0.6 is 11.8 Å². The Morgan fingerprint density at radius 1 is 1.33 bits per heavy atom.